The van der Waals surface area contributed by atoms with Crippen molar-refractivity contribution in [3.05, 3.63) is 78.4 Å². The molecule has 7 nitrogen and oxygen atoms in total. The first kappa shape index (κ1) is 32.4. The van der Waals surface area contributed by atoms with E-state index in [1.807, 2.05) is 55.9 Å². The summed E-state index contributed by atoms with van der Waals surface area (Å²) in [6, 6.07) is 16.7. The molecule has 0 heterocycles. The van der Waals surface area contributed by atoms with Gasteiger partial charge in [-0.15, -0.1) is 11.6 Å². The second-order valence-corrected chi connectivity index (χ2v) is 10.1. The van der Waals surface area contributed by atoms with E-state index in [9.17, 15) is 4.79 Å². The number of rotatable bonds is 15. The summed E-state index contributed by atoms with van der Waals surface area (Å²) in [5.41, 5.74) is 1.28. The minimum atomic E-state index is -1.48. The molecule has 0 aromatic heterocycles. The number of benzene rings is 3. The van der Waals surface area contributed by atoms with Crippen LogP contribution in [0.15, 0.2) is 67.3 Å². The van der Waals surface area contributed by atoms with Gasteiger partial charge in [-0.25, -0.2) is 9.46 Å². The van der Waals surface area contributed by atoms with Crippen molar-refractivity contribution < 1.29 is 28.1 Å². The summed E-state index contributed by atoms with van der Waals surface area (Å²) in [6.07, 6.45) is 3.33. The highest BCUT2D eigenvalue weighted by Crippen LogP contribution is 2.45. The predicted octanol–water partition coefficient (Wildman–Crippen LogP) is 8.00. The molecule has 212 valence electrons. The lowest BCUT2D eigenvalue weighted by Gasteiger charge is -2.26. The van der Waals surface area contributed by atoms with Crippen molar-refractivity contribution in [3.63, 3.8) is 0 Å². The van der Waals surface area contributed by atoms with Crippen LogP contribution in [0.1, 0.15) is 42.6 Å². The Kier molecular flexibility index (Phi) is 14.7. The van der Waals surface area contributed by atoms with Gasteiger partial charge in [-0.3, -0.25) is 0 Å². The first-order valence-electron chi connectivity index (χ1n) is 12.9. The van der Waals surface area contributed by atoms with Crippen LogP contribution in [0.25, 0.3) is 10.8 Å². The molecule has 1 atom stereocenters. The maximum atomic E-state index is 12.1. The fourth-order valence-corrected chi connectivity index (χ4v) is 5.12. The van der Waals surface area contributed by atoms with Crippen molar-refractivity contribution >= 4 is 36.9 Å². The number of ether oxygens (including phenoxy) is 3. The van der Waals surface area contributed by atoms with Crippen molar-refractivity contribution in [2.24, 2.45) is 0 Å². The van der Waals surface area contributed by atoms with E-state index in [0.29, 0.717) is 17.2 Å². The molecule has 0 fully saturated rings. The summed E-state index contributed by atoms with van der Waals surface area (Å²) in [6.45, 7) is 8.72. The van der Waals surface area contributed by atoms with E-state index in [1.54, 1.807) is 38.5 Å². The highest BCUT2D eigenvalue weighted by atomic mass is 35.5. The molecule has 0 N–H and O–H groups in total. The van der Waals surface area contributed by atoms with Gasteiger partial charge in [0.1, 0.15) is 23.9 Å². The van der Waals surface area contributed by atoms with Gasteiger partial charge in [0, 0.05) is 28.8 Å². The molecule has 9 heteroatoms. The number of hydrogen-bond donors (Lipinski definition) is 0. The highest BCUT2D eigenvalue weighted by Gasteiger charge is 2.22. The number of alkyl halides is 1. The molecular weight excluding hydrogens is 537 g/mol. The second-order valence-electron chi connectivity index (χ2n) is 8.11. The van der Waals surface area contributed by atoms with Crippen molar-refractivity contribution in [2.75, 3.05) is 40.3 Å². The molecule has 3 aromatic rings. The fraction of sp³-hybridized carbons (Fsp3) is 0.367. The molecule has 0 aliphatic heterocycles. The van der Waals surface area contributed by atoms with E-state index >= 15 is 0 Å². The zero-order valence-electron chi connectivity index (χ0n) is 23.4. The number of esters is 1. The van der Waals surface area contributed by atoms with Crippen molar-refractivity contribution in [1.29, 1.82) is 0 Å². The monoisotopic (exact) mass is 575 g/mol. The molecule has 0 spiro atoms. The average Bonchev–Trinajstić information content (AvgIpc) is 2.98. The number of carbonyl (C=O) groups is 1. The average molecular weight is 576 g/mol. The highest BCUT2D eigenvalue weighted by molar-refractivity contribution is 7.44. The largest absolute Gasteiger partial charge is 0.496 e. The molecule has 0 bridgehead atoms. The first-order valence-corrected chi connectivity index (χ1v) is 14.6. The van der Waals surface area contributed by atoms with Crippen molar-refractivity contribution in [2.45, 2.75) is 33.3 Å². The van der Waals surface area contributed by atoms with Crippen LogP contribution in [-0.4, -0.2) is 50.9 Å². The first-order chi connectivity index (χ1) is 19.0. The van der Waals surface area contributed by atoms with Crippen molar-refractivity contribution in [3.8, 4) is 17.2 Å². The zero-order chi connectivity index (χ0) is 28.6. The minimum absolute atomic E-state index is 0.159. The van der Waals surface area contributed by atoms with Crippen LogP contribution in [0.4, 0.5) is 0 Å². The Balaban J connectivity index is 0.00000260. The summed E-state index contributed by atoms with van der Waals surface area (Å²) in [7, 11) is 3.77. The zero-order valence-corrected chi connectivity index (χ0v) is 25.1. The molecule has 0 saturated carbocycles. The van der Waals surface area contributed by atoms with E-state index in [4.69, 9.17) is 34.9 Å². The van der Waals surface area contributed by atoms with Gasteiger partial charge in [0.15, 0.2) is 0 Å². The lowest BCUT2D eigenvalue weighted by molar-refractivity contribution is 0.0549. The Morgan fingerprint density at radius 1 is 1.03 bits per heavy atom. The summed E-state index contributed by atoms with van der Waals surface area (Å²) in [4.78, 5) is 12.1. The summed E-state index contributed by atoms with van der Waals surface area (Å²) in [5, 5.41) is 1.91. The van der Waals surface area contributed by atoms with Crippen LogP contribution in [0.3, 0.4) is 0 Å². The predicted molar refractivity (Wildman–Crippen MR) is 160 cm³/mol. The third-order valence-corrected chi connectivity index (χ3v) is 7.28. The number of hydrogen-bond acceptors (Lipinski definition) is 7. The molecule has 0 saturated heterocycles. The molecule has 3 rings (SSSR count). The van der Waals surface area contributed by atoms with Crippen LogP contribution in [0, 0.1) is 0 Å². The molecule has 0 amide bonds. The number of fused-ring (bicyclic) bond motifs is 1. The molecular formula is C30H39ClNO6P. The van der Waals surface area contributed by atoms with Gasteiger partial charge in [0.25, 0.3) is 0 Å². The van der Waals surface area contributed by atoms with E-state index in [1.165, 1.54) is 6.08 Å². The Morgan fingerprint density at radius 3 is 2.33 bits per heavy atom. The molecule has 1 unspecified atom stereocenters. The Labute approximate surface area is 238 Å². The van der Waals surface area contributed by atoms with Gasteiger partial charge in [0.05, 0.1) is 26.4 Å². The van der Waals surface area contributed by atoms with Gasteiger partial charge in [0.2, 0.25) is 0 Å². The van der Waals surface area contributed by atoms with Crippen molar-refractivity contribution in [1.82, 2.24) is 4.67 Å². The number of halogens is 1. The van der Waals surface area contributed by atoms with Crippen LogP contribution in [0.5, 0.6) is 17.2 Å². The standard InChI is InChI=1S/C28H33ClNO6P.C2H6/c1-5-18-34-28(31)21-12-14-23(15-13-21)36-37(30(2)17-9-8-16-29)35-20-22-19-26(32-3)24-10-6-7-11-25(24)27(22)33-4;1-2/h5-7,10-15,19H,1,8-9,16-18,20H2,2-4H3;1-2H3. The van der Waals surface area contributed by atoms with Crippen LogP contribution < -0.4 is 14.0 Å². The van der Waals surface area contributed by atoms with E-state index < -0.39 is 14.5 Å². The second kappa shape index (κ2) is 17.7. The van der Waals surface area contributed by atoms with E-state index in [0.717, 1.165) is 47.2 Å². The van der Waals surface area contributed by atoms with Gasteiger partial charge in [-0.05, 0) is 50.2 Å². The number of methoxy groups -OCH3 is 2. The maximum Gasteiger partial charge on any atom is 0.338 e. The molecule has 39 heavy (non-hydrogen) atoms. The number of unbranched alkanes of at least 4 members (excludes halogenated alkanes) is 1. The Hall–Kier alpha value is -2.83. The third kappa shape index (κ3) is 9.40. The molecule has 0 radical (unpaired) electrons. The Bertz CT molecular complexity index is 1170. The van der Waals surface area contributed by atoms with Gasteiger partial charge < -0.3 is 23.3 Å². The molecule has 0 aliphatic rings. The fourth-order valence-electron chi connectivity index (χ4n) is 3.68. The van der Waals surface area contributed by atoms with Crippen LogP contribution in [-0.2, 0) is 15.9 Å². The number of carbonyl (C=O) groups excluding carboxylic acids is 1. The maximum absolute atomic E-state index is 12.1. The van der Waals surface area contributed by atoms with Crippen LogP contribution >= 0.6 is 20.1 Å². The van der Waals surface area contributed by atoms with Gasteiger partial charge >= 0.3 is 14.5 Å². The number of nitrogens with zero attached hydrogens (tertiary/aromatic N) is 1. The molecule has 3 aromatic carbocycles. The lowest BCUT2D eigenvalue weighted by Crippen LogP contribution is -2.18. The van der Waals surface area contributed by atoms with Gasteiger partial charge in [-0.2, -0.15) is 0 Å². The summed E-state index contributed by atoms with van der Waals surface area (Å²) >= 11 is 5.87. The summed E-state index contributed by atoms with van der Waals surface area (Å²) < 4.78 is 31.1. The third-order valence-electron chi connectivity index (χ3n) is 5.54. The quantitative estimate of drug-likeness (QED) is 0.0598. The minimum Gasteiger partial charge on any atom is -0.496 e. The van der Waals surface area contributed by atoms with Crippen LogP contribution in [0.2, 0.25) is 0 Å². The topological polar surface area (TPSA) is 66.5 Å². The summed E-state index contributed by atoms with van der Waals surface area (Å²) in [5.74, 6) is 2.25. The smallest absolute Gasteiger partial charge is 0.338 e. The van der Waals surface area contributed by atoms with E-state index in [-0.39, 0.29) is 13.2 Å². The normalized spacial score (nSPS) is 11.4. The molecule has 0 aliphatic carbocycles. The lowest BCUT2D eigenvalue weighted by atomic mass is 10.0. The van der Waals surface area contributed by atoms with E-state index in [2.05, 4.69) is 6.58 Å². The Morgan fingerprint density at radius 2 is 1.72 bits per heavy atom. The van der Waals surface area contributed by atoms with Gasteiger partial charge in [-0.1, -0.05) is 50.8 Å². The SMILES string of the molecule is C=CCOC(=O)c1ccc(OP(OCc2cc(OC)c3ccccc3c2OC)N(C)CCCCCl)cc1.CC.